The molecule has 92 valence electrons. The van der Waals surface area contributed by atoms with Crippen LogP contribution in [0.5, 0.6) is 0 Å². The van der Waals surface area contributed by atoms with Crippen molar-refractivity contribution in [2.45, 2.75) is 26.4 Å². The van der Waals surface area contributed by atoms with Crippen LogP contribution in [0.3, 0.4) is 0 Å². The normalized spacial score (nSPS) is 12.2. The Balaban J connectivity index is 2.29. The fourth-order valence-corrected chi connectivity index (χ4v) is 2.06. The van der Waals surface area contributed by atoms with Gasteiger partial charge in [-0.2, -0.15) is 0 Å². The first-order valence-electron chi connectivity index (χ1n) is 5.21. The summed E-state index contributed by atoms with van der Waals surface area (Å²) in [5.41, 5.74) is 0.820. The van der Waals surface area contributed by atoms with E-state index in [-0.39, 0.29) is 12.3 Å². The summed E-state index contributed by atoms with van der Waals surface area (Å²) in [6, 6.07) is 2.03. The lowest BCUT2D eigenvalue weighted by Crippen LogP contribution is -2.34. The molecule has 0 saturated heterocycles. The van der Waals surface area contributed by atoms with Gasteiger partial charge in [-0.1, -0.05) is 13.8 Å². The van der Waals surface area contributed by atoms with Crippen molar-refractivity contribution in [3.05, 3.63) is 24.2 Å². The maximum atomic E-state index is 11.5. The fourth-order valence-electron chi connectivity index (χ4n) is 1.14. The van der Waals surface area contributed by atoms with Gasteiger partial charge in [-0.15, -0.1) is 0 Å². The third kappa shape index (κ3) is 5.29. The Morgan fingerprint density at radius 2 is 2.19 bits per heavy atom. The van der Waals surface area contributed by atoms with Crippen LogP contribution in [0.1, 0.15) is 19.4 Å². The minimum atomic E-state index is -3.21. The van der Waals surface area contributed by atoms with Crippen LogP contribution < -0.4 is 10.0 Å². The zero-order valence-corrected chi connectivity index (χ0v) is 10.4. The van der Waals surface area contributed by atoms with E-state index in [0.717, 1.165) is 5.56 Å². The van der Waals surface area contributed by atoms with Crippen molar-refractivity contribution in [1.29, 1.82) is 0 Å². The second-order valence-corrected chi connectivity index (χ2v) is 5.81. The van der Waals surface area contributed by atoms with Gasteiger partial charge in [0, 0.05) is 24.7 Å². The second-order valence-electron chi connectivity index (χ2n) is 3.88. The monoisotopic (exact) mass is 246 g/mol. The van der Waals surface area contributed by atoms with Gasteiger partial charge in [0.15, 0.2) is 0 Å². The summed E-state index contributed by atoms with van der Waals surface area (Å²) in [5, 5.41) is 3.06. The average molecular weight is 246 g/mol. The minimum absolute atomic E-state index is 0.0863. The lowest BCUT2D eigenvalue weighted by Gasteiger charge is -2.09. The molecule has 0 aliphatic heterocycles. The third-order valence-electron chi connectivity index (χ3n) is 2.00. The molecule has 0 aromatic carbocycles. The molecule has 0 saturated carbocycles. The third-order valence-corrected chi connectivity index (χ3v) is 3.33. The lowest BCUT2D eigenvalue weighted by atomic mass is 10.4. The summed E-state index contributed by atoms with van der Waals surface area (Å²) in [4.78, 5) is 0. The Kier molecular flexibility index (Phi) is 4.98. The fraction of sp³-hybridized carbons (Fsp3) is 0.600. The minimum Gasteiger partial charge on any atom is -0.472 e. The SMILES string of the molecule is CC(C)NCCS(=O)(=O)NCc1ccoc1. The Bertz CT molecular complexity index is 384. The summed E-state index contributed by atoms with van der Waals surface area (Å²) in [5.74, 6) is 0.0863. The molecule has 5 nitrogen and oxygen atoms in total. The Hall–Kier alpha value is -0.850. The van der Waals surface area contributed by atoms with Gasteiger partial charge in [-0.25, -0.2) is 13.1 Å². The first-order valence-corrected chi connectivity index (χ1v) is 6.86. The number of hydrogen-bond donors (Lipinski definition) is 2. The first kappa shape index (κ1) is 13.2. The molecule has 1 aromatic rings. The predicted molar refractivity (Wildman–Crippen MR) is 62.5 cm³/mol. The van der Waals surface area contributed by atoms with Gasteiger partial charge in [-0.05, 0) is 6.07 Å². The van der Waals surface area contributed by atoms with Crippen LogP contribution in [0.4, 0.5) is 0 Å². The summed E-state index contributed by atoms with van der Waals surface area (Å²) in [6.07, 6.45) is 3.04. The molecule has 0 unspecified atom stereocenters. The molecule has 16 heavy (non-hydrogen) atoms. The van der Waals surface area contributed by atoms with Crippen LogP contribution in [-0.4, -0.2) is 26.8 Å². The van der Waals surface area contributed by atoms with Crippen molar-refractivity contribution < 1.29 is 12.8 Å². The highest BCUT2D eigenvalue weighted by Crippen LogP contribution is 1.99. The molecule has 0 atom stereocenters. The maximum absolute atomic E-state index is 11.5. The van der Waals surface area contributed by atoms with Gasteiger partial charge in [0.25, 0.3) is 0 Å². The van der Waals surface area contributed by atoms with Crippen LogP contribution in [0, 0.1) is 0 Å². The number of furan rings is 1. The van der Waals surface area contributed by atoms with Crippen LogP contribution in [-0.2, 0) is 16.6 Å². The average Bonchev–Trinajstić information content (AvgIpc) is 2.66. The number of hydrogen-bond acceptors (Lipinski definition) is 4. The summed E-state index contributed by atoms with van der Waals surface area (Å²) >= 11 is 0. The van der Waals surface area contributed by atoms with Crippen molar-refractivity contribution in [2.75, 3.05) is 12.3 Å². The molecule has 1 heterocycles. The van der Waals surface area contributed by atoms with Crippen LogP contribution in [0.2, 0.25) is 0 Å². The van der Waals surface area contributed by atoms with E-state index in [1.54, 1.807) is 6.07 Å². The molecular weight excluding hydrogens is 228 g/mol. The van der Waals surface area contributed by atoms with Crippen molar-refractivity contribution in [1.82, 2.24) is 10.0 Å². The number of nitrogens with one attached hydrogen (secondary N) is 2. The van der Waals surface area contributed by atoms with E-state index < -0.39 is 10.0 Å². The van der Waals surface area contributed by atoms with Gasteiger partial charge in [-0.3, -0.25) is 0 Å². The van der Waals surface area contributed by atoms with Crippen molar-refractivity contribution >= 4 is 10.0 Å². The van der Waals surface area contributed by atoms with Gasteiger partial charge in [0.2, 0.25) is 10.0 Å². The highest BCUT2D eigenvalue weighted by atomic mass is 32.2. The van der Waals surface area contributed by atoms with Crippen LogP contribution in [0.15, 0.2) is 23.0 Å². The molecule has 1 rings (SSSR count). The second kappa shape index (κ2) is 6.03. The molecule has 0 spiro atoms. The topological polar surface area (TPSA) is 71.3 Å². The molecule has 0 bridgehead atoms. The largest absolute Gasteiger partial charge is 0.472 e. The van der Waals surface area contributed by atoms with Crippen LogP contribution >= 0.6 is 0 Å². The maximum Gasteiger partial charge on any atom is 0.213 e. The molecule has 1 aromatic heterocycles. The summed E-state index contributed by atoms with van der Waals surface area (Å²) in [7, 11) is -3.21. The molecule has 0 radical (unpaired) electrons. The predicted octanol–water partition coefficient (Wildman–Crippen LogP) is 0.697. The Labute approximate surface area is 96.3 Å². The Morgan fingerprint density at radius 3 is 2.75 bits per heavy atom. The zero-order valence-electron chi connectivity index (χ0n) is 9.56. The van der Waals surface area contributed by atoms with Crippen molar-refractivity contribution in [2.24, 2.45) is 0 Å². The van der Waals surface area contributed by atoms with E-state index in [2.05, 4.69) is 10.0 Å². The number of rotatable bonds is 7. The molecule has 0 aliphatic rings. The molecule has 0 amide bonds. The molecule has 0 fully saturated rings. The highest BCUT2D eigenvalue weighted by molar-refractivity contribution is 7.89. The van der Waals surface area contributed by atoms with Crippen molar-refractivity contribution in [3.63, 3.8) is 0 Å². The van der Waals surface area contributed by atoms with Crippen molar-refractivity contribution in [3.8, 4) is 0 Å². The summed E-state index contributed by atoms with van der Waals surface area (Å²) < 4.78 is 30.4. The van der Waals surface area contributed by atoms with E-state index in [4.69, 9.17) is 4.42 Å². The summed E-state index contributed by atoms with van der Waals surface area (Å²) in [6.45, 7) is 4.69. The molecule has 6 heteroatoms. The van der Waals surface area contributed by atoms with E-state index in [1.165, 1.54) is 12.5 Å². The highest BCUT2D eigenvalue weighted by Gasteiger charge is 2.09. The Morgan fingerprint density at radius 1 is 1.44 bits per heavy atom. The standard InChI is InChI=1S/C10H18N2O3S/c1-9(2)11-4-6-16(13,14)12-7-10-3-5-15-8-10/h3,5,8-9,11-12H,4,6-7H2,1-2H3. The first-order chi connectivity index (χ1) is 7.49. The molecule has 0 aliphatic carbocycles. The van der Waals surface area contributed by atoms with Gasteiger partial charge < -0.3 is 9.73 Å². The van der Waals surface area contributed by atoms with E-state index in [0.29, 0.717) is 12.6 Å². The van der Waals surface area contributed by atoms with E-state index in [1.807, 2.05) is 13.8 Å². The quantitative estimate of drug-likeness (QED) is 0.743. The van der Waals surface area contributed by atoms with E-state index >= 15 is 0 Å². The van der Waals surface area contributed by atoms with Gasteiger partial charge in [0.05, 0.1) is 18.3 Å². The molecule has 2 N–H and O–H groups in total. The van der Waals surface area contributed by atoms with Gasteiger partial charge in [0.1, 0.15) is 0 Å². The van der Waals surface area contributed by atoms with E-state index in [9.17, 15) is 8.42 Å². The van der Waals surface area contributed by atoms with Crippen LogP contribution in [0.25, 0.3) is 0 Å². The smallest absolute Gasteiger partial charge is 0.213 e. The number of sulfonamides is 1. The zero-order chi connectivity index (χ0) is 12.0. The van der Waals surface area contributed by atoms with Gasteiger partial charge >= 0.3 is 0 Å². The molecular formula is C10H18N2O3S. The lowest BCUT2D eigenvalue weighted by molar-refractivity contribution is 0.558.